The van der Waals surface area contributed by atoms with E-state index in [4.69, 9.17) is 16.6 Å². The van der Waals surface area contributed by atoms with Gasteiger partial charge in [0.15, 0.2) is 0 Å². The van der Waals surface area contributed by atoms with Crippen LogP contribution in [0.25, 0.3) is 0 Å². The third-order valence-electron chi connectivity index (χ3n) is 4.64. The Labute approximate surface area is 142 Å². The minimum atomic E-state index is -0.888. The van der Waals surface area contributed by atoms with Crippen molar-refractivity contribution in [3.63, 3.8) is 0 Å². The third kappa shape index (κ3) is 8.00. The number of carbonyl (C=O) groups is 1. The molecule has 1 saturated carbocycles. The van der Waals surface area contributed by atoms with Gasteiger partial charge in [0.25, 0.3) is 0 Å². The molecule has 9 heteroatoms. The van der Waals surface area contributed by atoms with Crippen LogP contribution in [0.5, 0.6) is 0 Å². The van der Waals surface area contributed by atoms with Crippen LogP contribution in [0.15, 0.2) is 0 Å². The van der Waals surface area contributed by atoms with Gasteiger partial charge in [-0.1, -0.05) is 0 Å². The van der Waals surface area contributed by atoms with Crippen molar-refractivity contribution in [2.45, 2.75) is 44.2 Å². The number of rotatable bonds is 12. The summed E-state index contributed by atoms with van der Waals surface area (Å²) >= 11 is 0. The number of nitro groups is 1. The van der Waals surface area contributed by atoms with Gasteiger partial charge in [-0.05, 0) is 25.2 Å². The van der Waals surface area contributed by atoms with Crippen LogP contribution >= 0.6 is 0 Å². The molecule has 0 aromatic carbocycles. The highest BCUT2D eigenvalue weighted by molar-refractivity contribution is 5.69. The minimum absolute atomic E-state index is 0.0244. The molecule has 0 saturated heterocycles. The highest BCUT2D eigenvalue weighted by Gasteiger charge is 2.30. The van der Waals surface area contributed by atoms with E-state index in [2.05, 4.69) is 10.2 Å². The lowest BCUT2D eigenvalue weighted by Gasteiger charge is -2.31. The number of hydrogen-bond donors (Lipinski definition) is 4. The number of hydrogen-bond acceptors (Lipinski definition) is 7. The Morgan fingerprint density at radius 3 is 2.29 bits per heavy atom. The summed E-state index contributed by atoms with van der Waals surface area (Å²) in [6.45, 7) is 3.09. The molecule has 1 rings (SSSR count). The van der Waals surface area contributed by atoms with E-state index in [1.165, 1.54) is 0 Å². The average Bonchev–Trinajstić information content (AvgIpc) is 2.53. The van der Waals surface area contributed by atoms with Gasteiger partial charge < -0.3 is 21.9 Å². The van der Waals surface area contributed by atoms with E-state index >= 15 is 0 Å². The van der Waals surface area contributed by atoms with Gasteiger partial charge >= 0.3 is 5.97 Å². The van der Waals surface area contributed by atoms with Crippen molar-refractivity contribution in [3.05, 3.63) is 10.1 Å². The van der Waals surface area contributed by atoms with Crippen molar-refractivity contribution >= 4 is 5.97 Å². The van der Waals surface area contributed by atoms with Gasteiger partial charge in [-0.2, -0.15) is 0 Å². The van der Waals surface area contributed by atoms with Crippen LogP contribution in [-0.4, -0.2) is 72.3 Å². The monoisotopic (exact) mass is 345 g/mol. The Morgan fingerprint density at radius 1 is 1.25 bits per heavy atom. The maximum absolute atomic E-state index is 10.9. The fraction of sp³-hybridized carbons (Fsp3) is 0.933. The van der Waals surface area contributed by atoms with Gasteiger partial charge in [0.1, 0.15) is 0 Å². The van der Waals surface area contributed by atoms with Crippen molar-refractivity contribution in [3.8, 4) is 0 Å². The van der Waals surface area contributed by atoms with Crippen LogP contribution in [0.3, 0.4) is 0 Å². The van der Waals surface area contributed by atoms with Crippen molar-refractivity contribution in [1.29, 1.82) is 0 Å². The number of carboxylic acids is 1. The lowest BCUT2D eigenvalue weighted by atomic mass is 9.82. The van der Waals surface area contributed by atoms with Crippen molar-refractivity contribution in [1.82, 2.24) is 10.2 Å². The Balaban J connectivity index is 2.54. The Bertz CT molecular complexity index is 382. The molecule has 9 nitrogen and oxygen atoms in total. The fourth-order valence-electron chi connectivity index (χ4n) is 3.42. The first-order valence-corrected chi connectivity index (χ1v) is 8.67. The molecule has 0 aliphatic heterocycles. The second-order valence-corrected chi connectivity index (χ2v) is 6.55. The number of nitrogens with one attached hydrogen (secondary N) is 1. The summed E-state index contributed by atoms with van der Waals surface area (Å²) in [5.74, 6) is -0.494. The molecule has 6 N–H and O–H groups in total. The molecular weight excluding hydrogens is 314 g/mol. The van der Waals surface area contributed by atoms with E-state index in [9.17, 15) is 14.9 Å². The maximum atomic E-state index is 10.9. The minimum Gasteiger partial charge on any atom is -0.480 e. The van der Waals surface area contributed by atoms with Gasteiger partial charge in [0.2, 0.25) is 6.04 Å². The standard InChI is InChI=1S/C15H31N5O4/c16-5-7-19(8-6-17)11-13(18-10-15(21)22)9-12-1-3-14(4-2-12)20(23)24/h12-14,18H,1-11,16-17H2,(H,21,22). The molecule has 1 aliphatic rings. The van der Waals surface area contributed by atoms with Crippen LogP contribution < -0.4 is 16.8 Å². The average molecular weight is 345 g/mol. The van der Waals surface area contributed by atoms with Crippen LogP contribution in [0.4, 0.5) is 0 Å². The van der Waals surface area contributed by atoms with Crippen molar-refractivity contribution in [2.24, 2.45) is 17.4 Å². The second kappa shape index (κ2) is 11.3. The number of aliphatic carboxylic acids is 1. The molecule has 1 aliphatic carbocycles. The van der Waals surface area contributed by atoms with Gasteiger partial charge in [-0.15, -0.1) is 0 Å². The van der Waals surface area contributed by atoms with E-state index in [0.29, 0.717) is 38.4 Å². The first-order chi connectivity index (χ1) is 11.5. The molecule has 0 radical (unpaired) electrons. The third-order valence-corrected chi connectivity index (χ3v) is 4.64. The molecule has 140 valence electrons. The first-order valence-electron chi connectivity index (χ1n) is 8.67. The summed E-state index contributed by atoms with van der Waals surface area (Å²) < 4.78 is 0. The molecule has 1 atom stereocenters. The molecule has 0 spiro atoms. The van der Waals surface area contributed by atoms with Crippen LogP contribution in [0, 0.1) is 16.0 Å². The van der Waals surface area contributed by atoms with Gasteiger partial charge in [0.05, 0.1) is 6.54 Å². The topological polar surface area (TPSA) is 148 Å². The lowest BCUT2D eigenvalue weighted by molar-refractivity contribution is -0.527. The van der Waals surface area contributed by atoms with Crippen LogP contribution in [-0.2, 0) is 4.79 Å². The van der Waals surface area contributed by atoms with Gasteiger partial charge in [-0.25, -0.2) is 0 Å². The summed E-state index contributed by atoms with van der Waals surface area (Å²) in [5, 5.41) is 22.9. The van der Waals surface area contributed by atoms with E-state index in [1.807, 2.05) is 0 Å². The molecule has 1 unspecified atom stereocenters. The molecule has 0 aromatic rings. The number of nitrogens with two attached hydrogens (primary N) is 2. The van der Waals surface area contributed by atoms with E-state index in [1.54, 1.807) is 0 Å². The predicted octanol–water partition coefficient (Wildman–Crippen LogP) is -0.526. The summed E-state index contributed by atoms with van der Waals surface area (Å²) in [6.07, 6.45) is 3.69. The summed E-state index contributed by atoms with van der Waals surface area (Å²) in [7, 11) is 0. The van der Waals surface area contributed by atoms with Crippen LogP contribution in [0.1, 0.15) is 32.1 Å². The fourth-order valence-corrected chi connectivity index (χ4v) is 3.42. The quantitative estimate of drug-likeness (QED) is 0.273. The Kier molecular flexibility index (Phi) is 9.77. The molecule has 0 aromatic heterocycles. The van der Waals surface area contributed by atoms with Crippen molar-refractivity contribution < 1.29 is 14.8 Å². The number of nitrogens with zero attached hydrogens (tertiary/aromatic N) is 2. The molecular formula is C15H31N5O4. The van der Waals surface area contributed by atoms with E-state index in [-0.39, 0.29) is 17.5 Å². The molecule has 0 amide bonds. The Morgan fingerprint density at radius 2 is 1.83 bits per heavy atom. The van der Waals surface area contributed by atoms with Crippen molar-refractivity contribution in [2.75, 3.05) is 39.3 Å². The summed E-state index contributed by atoms with van der Waals surface area (Å²) in [6, 6.07) is -0.394. The van der Waals surface area contributed by atoms with E-state index < -0.39 is 12.0 Å². The molecule has 0 heterocycles. The molecule has 0 bridgehead atoms. The van der Waals surface area contributed by atoms with Gasteiger partial charge in [-0.3, -0.25) is 19.8 Å². The largest absolute Gasteiger partial charge is 0.480 e. The predicted molar refractivity (Wildman–Crippen MR) is 91.3 cm³/mol. The second-order valence-electron chi connectivity index (χ2n) is 6.55. The zero-order valence-corrected chi connectivity index (χ0v) is 14.2. The normalized spacial score (nSPS) is 22.5. The molecule has 24 heavy (non-hydrogen) atoms. The lowest BCUT2D eigenvalue weighted by Crippen LogP contribution is -2.47. The SMILES string of the molecule is NCCN(CCN)CC(CC1CCC([N+](=O)[O-])CC1)NCC(=O)O. The first kappa shape index (κ1) is 20.8. The number of carboxylic acid groups (broad SMARTS) is 1. The smallest absolute Gasteiger partial charge is 0.317 e. The maximum Gasteiger partial charge on any atom is 0.317 e. The van der Waals surface area contributed by atoms with E-state index in [0.717, 1.165) is 32.4 Å². The highest BCUT2D eigenvalue weighted by Crippen LogP contribution is 2.29. The van der Waals surface area contributed by atoms with Crippen LogP contribution in [0.2, 0.25) is 0 Å². The van der Waals surface area contributed by atoms with Gasteiger partial charge in [0, 0.05) is 56.5 Å². The zero-order valence-electron chi connectivity index (χ0n) is 14.2. The highest BCUT2D eigenvalue weighted by atomic mass is 16.6. The summed E-state index contributed by atoms with van der Waals surface area (Å²) in [4.78, 5) is 23.7. The summed E-state index contributed by atoms with van der Waals surface area (Å²) in [5.41, 5.74) is 11.2. The molecule has 1 fully saturated rings. The zero-order chi connectivity index (χ0) is 17.9. The Hall–Kier alpha value is -1.29.